The topological polar surface area (TPSA) is 54.1 Å². The summed E-state index contributed by atoms with van der Waals surface area (Å²) in [5, 5.41) is 4.10. The normalized spacial score (nSPS) is 10.5. The molecule has 0 unspecified atom stereocenters. The van der Waals surface area contributed by atoms with E-state index in [9.17, 15) is 4.79 Å². The van der Waals surface area contributed by atoms with Crippen molar-refractivity contribution < 1.29 is 9.53 Å². The van der Waals surface area contributed by atoms with Crippen molar-refractivity contribution in [2.24, 2.45) is 0 Å². The second-order valence-corrected chi connectivity index (χ2v) is 3.99. The molecule has 2 aromatic rings. The van der Waals surface area contributed by atoms with Crippen LogP contribution in [0.2, 0.25) is 5.02 Å². The number of aromatic amines is 1. The van der Waals surface area contributed by atoms with Gasteiger partial charge in [0.05, 0.1) is 17.6 Å². The molecule has 17 heavy (non-hydrogen) atoms. The van der Waals surface area contributed by atoms with Gasteiger partial charge in [-0.05, 0) is 25.1 Å². The lowest BCUT2D eigenvalue weighted by Gasteiger charge is -2.01. The second-order valence-electron chi connectivity index (χ2n) is 3.58. The lowest BCUT2D eigenvalue weighted by Crippen LogP contribution is -2.22. The van der Waals surface area contributed by atoms with Crippen LogP contribution in [-0.2, 0) is 0 Å². The fourth-order valence-electron chi connectivity index (χ4n) is 1.72. The van der Waals surface area contributed by atoms with E-state index < -0.39 is 0 Å². The quantitative estimate of drug-likeness (QED) is 0.882. The number of fused-ring (bicyclic) bond motifs is 1. The molecule has 0 aliphatic heterocycles. The highest BCUT2D eigenvalue weighted by atomic mass is 35.5. The molecule has 0 bridgehead atoms. The summed E-state index contributed by atoms with van der Waals surface area (Å²) in [7, 11) is 1.58. The number of H-pyrrole nitrogens is 1. The van der Waals surface area contributed by atoms with Crippen LogP contribution < -0.4 is 10.1 Å². The summed E-state index contributed by atoms with van der Waals surface area (Å²) in [5.74, 6) is 0.540. The van der Waals surface area contributed by atoms with E-state index in [1.807, 2.05) is 6.92 Å². The molecule has 2 rings (SSSR count). The third-order valence-corrected chi connectivity index (χ3v) is 2.82. The molecule has 0 radical (unpaired) electrons. The van der Waals surface area contributed by atoms with E-state index in [0.717, 1.165) is 5.39 Å². The Kier molecular flexibility index (Phi) is 3.24. The van der Waals surface area contributed by atoms with E-state index in [4.69, 9.17) is 16.3 Å². The maximum Gasteiger partial charge on any atom is 0.267 e. The minimum absolute atomic E-state index is 0.151. The fraction of sp³-hybridized carbons (Fsp3) is 0.250. The van der Waals surface area contributed by atoms with Gasteiger partial charge in [-0.2, -0.15) is 0 Å². The van der Waals surface area contributed by atoms with E-state index in [2.05, 4.69) is 10.3 Å². The summed E-state index contributed by atoms with van der Waals surface area (Å²) >= 11 is 6.06. The number of carbonyl (C=O) groups excluding carboxylic acids is 1. The third-order valence-electron chi connectivity index (χ3n) is 2.50. The SMILES string of the molecule is CCNC(=O)c1cc2c(OC)ccc(Cl)c2[nH]1. The standard InChI is InChI=1S/C12H13ClN2O2/c1-3-14-12(16)9-6-7-10(17-2)5-4-8(13)11(7)15-9/h4-6,15H,3H2,1-2H3,(H,14,16). The number of hydrogen-bond acceptors (Lipinski definition) is 2. The van der Waals surface area contributed by atoms with Crippen LogP contribution in [0.3, 0.4) is 0 Å². The molecule has 1 heterocycles. The largest absolute Gasteiger partial charge is 0.496 e. The molecule has 90 valence electrons. The van der Waals surface area contributed by atoms with E-state index >= 15 is 0 Å². The number of methoxy groups -OCH3 is 1. The maximum absolute atomic E-state index is 11.7. The predicted octanol–water partition coefficient (Wildman–Crippen LogP) is 2.58. The average Bonchev–Trinajstić information content (AvgIpc) is 2.76. The molecule has 0 fully saturated rings. The predicted molar refractivity (Wildman–Crippen MR) is 67.9 cm³/mol. The first-order valence-corrected chi connectivity index (χ1v) is 5.68. The Labute approximate surface area is 104 Å². The summed E-state index contributed by atoms with van der Waals surface area (Å²) < 4.78 is 5.23. The maximum atomic E-state index is 11.7. The van der Waals surface area contributed by atoms with Crippen LogP contribution in [0.5, 0.6) is 5.75 Å². The van der Waals surface area contributed by atoms with Gasteiger partial charge < -0.3 is 15.0 Å². The minimum atomic E-state index is -0.151. The van der Waals surface area contributed by atoms with Crippen molar-refractivity contribution in [2.75, 3.05) is 13.7 Å². The molecule has 0 aliphatic carbocycles. The highest BCUT2D eigenvalue weighted by molar-refractivity contribution is 6.35. The second kappa shape index (κ2) is 4.67. The number of amides is 1. The Morgan fingerprint density at radius 1 is 1.53 bits per heavy atom. The van der Waals surface area contributed by atoms with Gasteiger partial charge in [0.2, 0.25) is 0 Å². The zero-order chi connectivity index (χ0) is 12.4. The summed E-state index contributed by atoms with van der Waals surface area (Å²) in [5.41, 5.74) is 1.19. The van der Waals surface area contributed by atoms with Gasteiger partial charge in [0.1, 0.15) is 11.4 Å². The Bertz CT molecular complexity index is 563. The number of ether oxygens (including phenoxy) is 1. The van der Waals surface area contributed by atoms with Crippen molar-refractivity contribution in [3.8, 4) is 5.75 Å². The summed E-state index contributed by atoms with van der Waals surface area (Å²) in [6.07, 6.45) is 0. The molecule has 0 aliphatic rings. The van der Waals surface area contributed by atoms with E-state index in [-0.39, 0.29) is 5.91 Å². The van der Waals surface area contributed by atoms with Gasteiger partial charge in [0.15, 0.2) is 0 Å². The van der Waals surface area contributed by atoms with Gasteiger partial charge in [-0.25, -0.2) is 0 Å². The number of benzene rings is 1. The Hall–Kier alpha value is -1.68. The molecule has 1 aromatic heterocycles. The number of rotatable bonds is 3. The Balaban J connectivity index is 2.56. The van der Waals surface area contributed by atoms with Crippen LogP contribution in [0.1, 0.15) is 17.4 Å². The van der Waals surface area contributed by atoms with Crippen LogP contribution in [0.25, 0.3) is 10.9 Å². The van der Waals surface area contributed by atoms with Crippen molar-refractivity contribution in [1.29, 1.82) is 0 Å². The van der Waals surface area contributed by atoms with Crippen molar-refractivity contribution in [3.63, 3.8) is 0 Å². The zero-order valence-electron chi connectivity index (χ0n) is 9.63. The Morgan fingerprint density at radius 3 is 2.94 bits per heavy atom. The molecule has 0 saturated carbocycles. The Morgan fingerprint density at radius 2 is 2.29 bits per heavy atom. The van der Waals surface area contributed by atoms with Crippen LogP contribution in [0.4, 0.5) is 0 Å². The van der Waals surface area contributed by atoms with Crippen molar-refractivity contribution in [1.82, 2.24) is 10.3 Å². The number of aromatic nitrogens is 1. The third kappa shape index (κ3) is 2.08. The highest BCUT2D eigenvalue weighted by Gasteiger charge is 2.13. The molecule has 5 heteroatoms. The first kappa shape index (κ1) is 11.8. The van der Waals surface area contributed by atoms with E-state index in [1.165, 1.54) is 0 Å². The lowest BCUT2D eigenvalue weighted by molar-refractivity contribution is 0.0951. The zero-order valence-corrected chi connectivity index (χ0v) is 10.4. The van der Waals surface area contributed by atoms with Crippen LogP contribution in [0.15, 0.2) is 18.2 Å². The molecule has 2 N–H and O–H groups in total. The van der Waals surface area contributed by atoms with Crippen LogP contribution in [0, 0.1) is 0 Å². The van der Waals surface area contributed by atoms with Gasteiger partial charge in [-0.3, -0.25) is 4.79 Å². The molecular formula is C12H13ClN2O2. The smallest absolute Gasteiger partial charge is 0.267 e. The van der Waals surface area contributed by atoms with Gasteiger partial charge in [0.25, 0.3) is 5.91 Å². The number of nitrogens with one attached hydrogen (secondary N) is 2. The summed E-state index contributed by atoms with van der Waals surface area (Å²) in [6.45, 7) is 2.45. The number of hydrogen-bond donors (Lipinski definition) is 2. The first-order chi connectivity index (χ1) is 8.17. The number of carbonyl (C=O) groups is 1. The van der Waals surface area contributed by atoms with Gasteiger partial charge in [0, 0.05) is 11.9 Å². The minimum Gasteiger partial charge on any atom is -0.496 e. The van der Waals surface area contributed by atoms with E-state index in [1.54, 1.807) is 25.3 Å². The first-order valence-electron chi connectivity index (χ1n) is 5.30. The van der Waals surface area contributed by atoms with Gasteiger partial charge >= 0.3 is 0 Å². The fourth-order valence-corrected chi connectivity index (χ4v) is 1.93. The van der Waals surface area contributed by atoms with Crippen molar-refractivity contribution in [3.05, 3.63) is 28.9 Å². The summed E-state index contributed by atoms with van der Waals surface area (Å²) in [6, 6.07) is 5.26. The van der Waals surface area contributed by atoms with Gasteiger partial charge in [-0.1, -0.05) is 11.6 Å². The van der Waals surface area contributed by atoms with Crippen LogP contribution in [-0.4, -0.2) is 24.5 Å². The highest BCUT2D eigenvalue weighted by Crippen LogP contribution is 2.31. The molecule has 1 aromatic carbocycles. The van der Waals surface area contributed by atoms with Gasteiger partial charge in [-0.15, -0.1) is 0 Å². The van der Waals surface area contributed by atoms with Crippen molar-refractivity contribution >= 4 is 28.4 Å². The molecule has 1 amide bonds. The molecule has 0 spiro atoms. The van der Waals surface area contributed by atoms with Crippen molar-refractivity contribution in [2.45, 2.75) is 6.92 Å². The molecule has 0 saturated heterocycles. The molecule has 4 nitrogen and oxygen atoms in total. The van der Waals surface area contributed by atoms with Crippen LogP contribution >= 0.6 is 11.6 Å². The molecular weight excluding hydrogens is 240 g/mol. The molecule has 0 atom stereocenters. The average molecular weight is 253 g/mol. The summed E-state index contributed by atoms with van der Waals surface area (Å²) in [4.78, 5) is 14.7. The number of halogens is 1. The lowest BCUT2D eigenvalue weighted by atomic mass is 10.2. The van der Waals surface area contributed by atoms with E-state index in [0.29, 0.717) is 28.5 Å². The monoisotopic (exact) mass is 252 g/mol.